The predicted molar refractivity (Wildman–Crippen MR) is 109 cm³/mol. The molecule has 0 spiro atoms. The molecule has 0 saturated carbocycles. The second-order valence-corrected chi connectivity index (χ2v) is 5.83. The molecular formula is C23H20N2O2. The summed E-state index contributed by atoms with van der Waals surface area (Å²) in [6.07, 6.45) is 0. The van der Waals surface area contributed by atoms with E-state index in [1.165, 1.54) is 0 Å². The lowest BCUT2D eigenvalue weighted by molar-refractivity contribution is -0.114. The number of methoxy groups -OCH3 is 1. The van der Waals surface area contributed by atoms with E-state index < -0.39 is 0 Å². The molecule has 4 nitrogen and oxygen atoms in total. The van der Waals surface area contributed by atoms with Crippen LogP contribution in [0.4, 0.5) is 11.4 Å². The van der Waals surface area contributed by atoms with Gasteiger partial charge in [0.15, 0.2) is 0 Å². The first-order chi connectivity index (χ1) is 13.2. The molecule has 0 aromatic heterocycles. The molecule has 27 heavy (non-hydrogen) atoms. The van der Waals surface area contributed by atoms with Crippen molar-refractivity contribution in [2.24, 2.45) is 0 Å². The third-order valence-electron chi connectivity index (χ3n) is 3.79. The summed E-state index contributed by atoms with van der Waals surface area (Å²) in [6, 6.07) is 24.8. The van der Waals surface area contributed by atoms with Gasteiger partial charge in [0.05, 0.1) is 13.7 Å². The highest BCUT2D eigenvalue weighted by Crippen LogP contribution is 2.16. The Labute approximate surface area is 159 Å². The van der Waals surface area contributed by atoms with Crippen molar-refractivity contribution >= 4 is 17.3 Å². The molecule has 0 aliphatic carbocycles. The molecule has 0 atom stereocenters. The van der Waals surface area contributed by atoms with Crippen molar-refractivity contribution in [2.75, 3.05) is 24.3 Å². The number of carbonyl (C=O) groups is 1. The second-order valence-electron chi connectivity index (χ2n) is 5.83. The molecule has 3 rings (SSSR count). The van der Waals surface area contributed by atoms with Gasteiger partial charge in [-0.3, -0.25) is 4.79 Å². The van der Waals surface area contributed by atoms with E-state index >= 15 is 0 Å². The molecule has 0 saturated heterocycles. The Morgan fingerprint density at radius 1 is 0.852 bits per heavy atom. The van der Waals surface area contributed by atoms with Crippen molar-refractivity contribution in [3.8, 4) is 17.6 Å². The monoisotopic (exact) mass is 356 g/mol. The van der Waals surface area contributed by atoms with E-state index in [1.54, 1.807) is 13.2 Å². The Hall–Kier alpha value is -3.71. The number of nitrogens with one attached hydrogen (secondary N) is 2. The summed E-state index contributed by atoms with van der Waals surface area (Å²) in [6.45, 7) is 0.160. The lowest BCUT2D eigenvalue weighted by Gasteiger charge is -2.09. The predicted octanol–water partition coefficient (Wildman–Crippen LogP) is 4.15. The van der Waals surface area contributed by atoms with Crippen molar-refractivity contribution in [3.05, 3.63) is 90.0 Å². The summed E-state index contributed by atoms with van der Waals surface area (Å²) < 4.78 is 5.15. The zero-order valence-electron chi connectivity index (χ0n) is 15.0. The molecule has 0 radical (unpaired) electrons. The molecule has 0 unspecified atom stereocenters. The average Bonchev–Trinajstić information content (AvgIpc) is 2.72. The van der Waals surface area contributed by atoms with Crippen LogP contribution in [0.15, 0.2) is 78.9 Å². The zero-order chi connectivity index (χ0) is 18.9. The van der Waals surface area contributed by atoms with Crippen LogP contribution in [0.5, 0.6) is 5.75 Å². The Balaban J connectivity index is 1.58. The number of hydrogen-bond acceptors (Lipinski definition) is 3. The van der Waals surface area contributed by atoms with Crippen LogP contribution in [-0.4, -0.2) is 19.6 Å². The van der Waals surface area contributed by atoms with Crippen molar-refractivity contribution in [1.29, 1.82) is 0 Å². The van der Waals surface area contributed by atoms with Crippen molar-refractivity contribution in [1.82, 2.24) is 0 Å². The van der Waals surface area contributed by atoms with E-state index in [4.69, 9.17) is 4.74 Å². The molecule has 2 N–H and O–H groups in total. The SMILES string of the molecule is COc1cccc(NC(=O)CNc2cccc(C#Cc3ccccc3)c2)c1. The van der Waals surface area contributed by atoms with Gasteiger partial charge in [-0.25, -0.2) is 0 Å². The number of amides is 1. The van der Waals surface area contributed by atoms with E-state index in [-0.39, 0.29) is 12.5 Å². The minimum atomic E-state index is -0.135. The average molecular weight is 356 g/mol. The fraction of sp³-hybridized carbons (Fsp3) is 0.0870. The minimum absolute atomic E-state index is 0.135. The first kappa shape index (κ1) is 18.1. The third-order valence-corrected chi connectivity index (χ3v) is 3.79. The molecule has 3 aromatic rings. The maximum atomic E-state index is 12.1. The fourth-order valence-electron chi connectivity index (χ4n) is 2.46. The Bertz CT molecular complexity index is 972. The van der Waals surface area contributed by atoms with Gasteiger partial charge in [-0.2, -0.15) is 0 Å². The van der Waals surface area contributed by atoms with Crippen molar-refractivity contribution in [3.63, 3.8) is 0 Å². The largest absolute Gasteiger partial charge is 0.497 e. The first-order valence-corrected chi connectivity index (χ1v) is 8.58. The van der Waals surface area contributed by atoms with E-state index in [0.717, 1.165) is 16.8 Å². The second kappa shape index (κ2) is 9.12. The lowest BCUT2D eigenvalue weighted by atomic mass is 10.1. The summed E-state index contributed by atoms with van der Waals surface area (Å²) in [5.41, 5.74) is 3.39. The van der Waals surface area contributed by atoms with E-state index in [2.05, 4.69) is 22.5 Å². The van der Waals surface area contributed by atoms with Gasteiger partial charge in [0, 0.05) is 28.6 Å². The zero-order valence-corrected chi connectivity index (χ0v) is 15.0. The van der Waals surface area contributed by atoms with E-state index in [9.17, 15) is 4.79 Å². The van der Waals surface area contributed by atoms with Crippen molar-refractivity contribution < 1.29 is 9.53 Å². The highest BCUT2D eigenvalue weighted by Gasteiger charge is 2.03. The standard InChI is InChI=1S/C23H20N2O2/c1-27-22-12-6-11-21(16-22)25-23(26)17-24-20-10-5-9-19(15-20)14-13-18-7-3-2-4-8-18/h2-12,15-16,24H,17H2,1H3,(H,25,26). The van der Waals surface area contributed by atoms with Gasteiger partial charge >= 0.3 is 0 Å². The van der Waals surface area contributed by atoms with Gasteiger partial charge in [-0.15, -0.1) is 0 Å². The molecule has 1 amide bonds. The third kappa shape index (κ3) is 5.65. The van der Waals surface area contributed by atoms with Crippen LogP contribution in [0, 0.1) is 11.8 Å². The summed E-state index contributed by atoms with van der Waals surface area (Å²) >= 11 is 0. The number of anilines is 2. The first-order valence-electron chi connectivity index (χ1n) is 8.58. The maximum absolute atomic E-state index is 12.1. The van der Waals surface area contributed by atoms with Crippen LogP contribution in [-0.2, 0) is 4.79 Å². The van der Waals surface area contributed by atoms with Crippen LogP contribution < -0.4 is 15.4 Å². The van der Waals surface area contributed by atoms with Gasteiger partial charge in [0.1, 0.15) is 5.75 Å². The number of rotatable bonds is 5. The highest BCUT2D eigenvalue weighted by molar-refractivity contribution is 5.93. The smallest absolute Gasteiger partial charge is 0.243 e. The molecule has 0 aliphatic heterocycles. The highest BCUT2D eigenvalue weighted by atomic mass is 16.5. The number of ether oxygens (including phenoxy) is 1. The Morgan fingerprint density at radius 3 is 2.37 bits per heavy atom. The summed E-state index contributed by atoms with van der Waals surface area (Å²) in [5.74, 6) is 6.83. The Kier molecular flexibility index (Phi) is 6.11. The van der Waals surface area contributed by atoms with Gasteiger partial charge in [0.2, 0.25) is 5.91 Å². The summed E-state index contributed by atoms with van der Waals surface area (Å²) in [4.78, 5) is 12.1. The molecule has 4 heteroatoms. The van der Waals surface area contributed by atoms with Crippen molar-refractivity contribution in [2.45, 2.75) is 0 Å². The normalized spacial score (nSPS) is 9.67. The Morgan fingerprint density at radius 2 is 1.56 bits per heavy atom. The van der Waals surface area contributed by atoms with Crippen LogP contribution in [0.1, 0.15) is 11.1 Å². The van der Waals surface area contributed by atoms with Gasteiger partial charge < -0.3 is 15.4 Å². The van der Waals surface area contributed by atoms with Crippen LogP contribution in [0.25, 0.3) is 0 Å². The number of hydrogen-bond donors (Lipinski definition) is 2. The van der Waals surface area contributed by atoms with Crippen LogP contribution in [0.3, 0.4) is 0 Å². The van der Waals surface area contributed by atoms with Gasteiger partial charge in [0.25, 0.3) is 0 Å². The summed E-state index contributed by atoms with van der Waals surface area (Å²) in [7, 11) is 1.59. The van der Waals surface area contributed by atoms with Crippen LogP contribution >= 0.6 is 0 Å². The molecule has 3 aromatic carbocycles. The number of benzene rings is 3. The topological polar surface area (TPSA) is 50.4 Å². The lowest BCUT2D eigenvalue weighted by Crippen LogP contribution is -2.21. The fourth-order valence-corrected chi connectivity index (χ4v) is 2.46. The summed E-state index contributed by atoms with van der Waals surface area (Å²) in [5, 5.41) is 5.96. The number of carbonyl (C=O) groups excluding carboxylic acids is 1. The van der Waals surface area contributed by atoms with Gasteiger partial charge in [-0.1, -0.05) is 42.2 Å². The molecule has 134 valence electrons. The van der Waals surface area contributed by atoms with Crippen LogP contribution in [0.2, 0.25) is 0 Å². The molecule has 0 bridgehead atoms. The van der Waals surface area contributed by atoms with E-state index in [1.807, 2.05) is 72.8 Å². The molecule has 0 heterocycles. The quantitative estimate of drug-likeness (QED) is 0.676. The molecule has 0 fully saturated rings. The minimum Gasteiger partial charge on any atom is -0.497 e. The molecule has 0 aliphatic rings. The van der Waals surface area contributed by atoms with E-state index in [0.29, 0.717) is 11.4 Å². The molecular weight excluding hydrogens is 336 g/mol. The van der Waals surface area contributed by atoms with Gasteiger partial charge in [-0.05, 0) is 42.5 Å². The maximum Gasteiger partial charge on any atom is 0.243 e.